The van der Waals surface area contributed by atoms with Crippen molar-refractivity contribution in [2.24, 2.45) is 0 Å². The van der Waals surface area contributed by atoms with Crippen LogP contribution in [0.3, 0.4) is 0 Å². The Morgan fingerprint density at radius 2 is 1.26 bits per heavy atom. The molecule has 2 nitrogen and oxygen atoms in total. The lowest BCUT2D eigenvalue weighted by Gasteiger charge is -2.36. The third kappa shape index (κ3) is 2.78. The van der Waals surface area contributed by atoms with Crippen LogP contribution in [-0.2, 0) is 0 Å². The van der Waals surface area contributed by atoms with Gasteiger partial charge in [0.25, 0.3) is 13.4 Å². The maximum Gasteiger partial charge on any atom is 0.260 e. The molecule has 6 aromatic rings. The normalized spacial score (nSPS) is 14.8. The van der Waals surface area contributed by atoms with Crippen molar-refractivity contribution in [3.8, 4) is 23.0 Å². The van der Waals surface area contributed by atoms with E-state index in [1.165, 1.54) is 56.3 Å². The van der Waals surface area contributed by atoms with Gasteiger partial charge in [-0.3, -0.25) is 0 Å². The monoisotopic (exact) mass is 550 g/mol. The molecular formula is C32H16B2O2S3. The molecule has 39 heavy (non-hydrogen) atoms. The Morgan fingerprint density at radius 3 is 2.18 bits per heavy atom. The van der Waals surface area contributed by atoms with E-state index in [4.69, 9.17) is 9.47 Å². The van der Waals surface area contributed by atoms with Crippen LogP contribution in [0.25, 0.3) is 10.1 Å². The van der Waals surface area contributed by atoms with Crippen molar-refractivity contribution in [2.45, 2.75) is 19.6 Å². The van der Waals surface area contributed by atoms with Crippen LogP contribution in [-0.4, -0.2) is 13.4 Å². The van der Waals surface area contributed by atoms with Gasteiger partial charge in [0.05, 0.1) is 0 Å². The third-order valence-corrected chi connectivity index (χ3v) is 12.1. The van der Waals surface area contributed by atoms with Crippen molar-refractivity contribution in [2.75, 3.05) is 0 Å². The average molecular weight is 550 g/mol. The highest BCUT2D eigenvalue weighted by molar-refractivity contribution is 8.01. The number of fused-ring (bicyclic) bond motifs is 10. The molecule has 0 N–H and O–H groups in total. The molecule has 1 aromatic heterocycles. The highest BCUT2D eigenvalue weighted by Gasteiger charge is 2.44. The first-order valence-corrected chi connectivity index (χ1v) is 15.5. The van der Waals surface area contributed by atoms with Gasteiger partial charge in [0.2, 0.25) is 0 Å². The second-order valence-electron chi connectivity index (χ2n) is 10.4. The number of thiophene rings is 1. The van der Waals surface area contributed by atoms with E-state index in [-0.39, 0.29) is 13.4 Å². The number of hydrogen-bond acceptors (Lipinski definition) is 5. The topological polar surface area (TPSA) is 18.5 Å². The Balaban J connectivity index is 1.26. The lowest BCUT2D eigenvalue weighted by Crippen LogP contribution is -2.61. The number of para-hydroxylation sites is 1. The molecule has 0 fully saturated rings. The lowest BCUT2D eigenvalue weighted by molar-refractivity contribution is 0.464. The molecule has 0 bridgehead atoms. The highest BCUT2D eigenvalue weighted by atomic mass is 32.2. The van der Waals surface area contributed by atoms with E-state index in [1.54, 1.807) is 0 Å². The van der Waals surface area contributed by atoms with E-state index >= 15 is 0 Å². The second-order valence-corrected chi connectivity index (χ2v) is 13.6. The summed E-state index contributed by atoms with van der Waals surface area (Å²) in [6, 6.07) is 35.0. The summed E-state index contributed by atoms with van der Waals surface area (Å²) in [4.78, 5) is 5.44. The van der Waals surface area contributed by atoms with Gasteiger partial charge in [-0.15, -0.1) is 11.3 Å². The quantitative estimate of drug-likeness (QED) is 0.246. The Hall–Kier alpha value is -3.51. The summed E-state index contributed by atoms with van der Waals surface area (Å²) in [5, 5.41) is 1.37. The molecule has 4 aliphatic heterocycles. The molecule has 5 aromatic carbocycles. The fourth-order valence-corrected chi connectivity index (χ4v) is 10.7. The molecule has 4 aliphatic rings. The molecule has 10 rings (SSSR count). The smallest absolute Gasteiger partial charge is 0.260 e. The fourth-order valence-electron chi connectivity index (χ4n) is 6.72. The van der Waals surface area contributed by atoms with Crippen molar-refractivity contribution in [3.63, 3.8) is 0 Å². The van der Waals surface area contributed by atoms with Gasteiger partial charge in [0.15, 0.2) is 0 Å². The summed E-state index contributed by atoms with van der Waals surface area (Å²) in [6.07, 6.45) is 0. The zero-order valence-corrected chi connectivity index (χ0v) is 22.9. The Bertz CT molecular complexity index is 2070. The summed E-state index contributed by atoms with van der Waals surface area (Å²) in [6.45, 7) is 0.301. The van der Waals surface area contributed by atoms with Gasteiger partial charge in [-0.25, -0.2) is 0 Å². The standard InChI is InChI=1S/C32H16B2O2S3/c1-4-12-25-17(7-1)31-32(39-25)34-20-15-19-24(16-28(20)37-26-13-6-14-27(38-31)30(26)34)36-23-11-5-10-22-29(23)33(19)18-8-2-3-9-21(18)35-22/h1-16H. The minimum absolute atomic E-state index is 0.0803. The molecule has 0 amide bonds. The first-order chi connectivity index (χ1) is 19.3. The molecule has 0 unspecified atom stereocenters. The number of benzene rings is 5. The van der Waals surface area contributed by atoms with Crippen LogP contribution in [0.2, 0.25) is 0 Å². The summed E-state index contributed by atoms with van der Waals surface area (Å²) < 4.78 is 15.8. The maximum atomic E-state index is 6.62. The van der Waals surface area contributed by atoms with Gasteiger partial charge in [0.1, 0.15) is 23.0 Å². The summed E-state index contributed by atoms with van der Waals surface area (Å²) in [7, 11) is 0. The van der Waals surface area contributed by atoms with Crippen molar-refractivity contribution in [3.05, 3.63) is 97.1 Å². The molecule has 180 valence electrons. The van der Waals surface area contributed by atoms with Crippen molar-refractivity contribution < 1.29 is 9.47 Å². The first-order valence-electron chi connectivity index (χ1n) is 13.1. The SMILES string of the molecule is c1ccc2c(c1)Oc1cccc3c1B2c1cc2c(cc1O3)Sc1cccc3c1B2c1sc2ccccc2c1S3. The van der Waals surface area contributed by atoms with Gasteiger partial charge >= 0.3 is 0 Å². The largest absolute Gasteiger partial charge is 0.458 e. The van der Waals surface area contributed by atoms with Crippen LogP contribution >= 0.6 is 34.9 Å². The zero-order valence-electron chi connectivity index (χ0n) is 20.4. The lowest BCUT2D eigenvalue weighted by atomic mass is 9.33. The van der Waals surface area contributed by atoms with Crippen LogP contribution in [0.5, 0.6) is 23.0 Å². The van der Waals surface area contributed by atoms with Gasteiger partial charge < -0.3 is 9.47 Å². The average Bonchev–Trinajstić information content (AvgIpc) is 3.34. The number of ether oxygens (including phenoxy) is 2. The van der Waals surface area contributed by atoms with Crippen molar-refractivity contribution in [1.82, 2.24) is 0 Å². The van der Waals surface area contributed by atoms with E-state index in [0.29, 0.717) is 0 Å². The van der Waals surface area contributed by atoms with E-state index in [9.17, 15) is 0 Å². The number of hydrogen-bond donors (Lipinski definition) is 0. The maximum absolute atomic E-state index is 6.62. The van der Waals surface area contributed by atoms with E-state index < -0.39 is 0 Å². The van der Waals surface area contributed by atoms with Gasteiger partial charge in [-0.2, -0.15) is 0 Å². The minimum Gasteiger partial charge on any atom is -0.458 e. The van der Waals surface area contributed by atoms with Crippen molar-refractivity contribution >= 4 is 90.5 Å². The van der Waals surface area contributed by atoms with E-state index in [0.717, 1.165) is 28.5 Å². The summed E-state index contributed by atoms with van der Waals surface area (Å²) in [5.41, 5.74) is 6.42. The van der Waals surface area contributed by atoms with E-state index in [1.807, 2.05) is 40.9 Å². The summed E-state index contributed by atoms with van der Waals surface area (Å²) >= 11 is 5.78. The van der Waals surface area contributed by atoms with Crippen LogP contribution in [0, 0.1) is 0 Å². The fraction of sp³-hybridized carbons (Fsp3) is 0. The summed E-state index contributed by atoms with van der Waals surface area (Å²) in [5.74, 6) is 3.67. The third-order valence-electron chi connectivity index (χ3n) is 8.33. The van der Waals surface area contributed by atoms with Crippen LogP contribution < -0.4 is 41.6 Å². The van der Waals surface area contributed by atoms with Crippen molar-refractivity contribution in [1.29, 1.82) is 0 Å². The van der Waals surface area contributed by atoms with E-state index in [2.05, 4.69) is 91.0 Å². The van der Waals surface area contributed by atoms with Crippen LogP contribution in [0.4, 0.5) is 0 Å². The molecule has 0 aliphatic carbocycles. The molecule has 0 saturated carbocycles. The molecule has 0 saturated heterocycles. The van der Waals surface area contributed by atoms with Crippen LogP contribution in [0.15, 0.2) is 117 Å². The molecule has 0 atom stereocenters. The van der Waals surface area contributed by atoms with Gasteiger partial charge in [-0.05, 0) is 63.6 Å². The second kappa shape index (κ2) is 7.57. The predicted octanol–water partition coefficient (Wildman–Crippen LogP) is 5.07. The minimum atomic E-state index is 0.0803. The molecule has 5 heterocycles. The van der Waals surface area contributed by atoms with Gasteiger partial charge in [0, 0.05) is 35.1 Å². The predicted molar refractivity (Wildman–Crippen MR) is 165 cm³/mol. The number of rotatable bonds is 0. The Morgan fingerprint density at radius 1 is 0.513 bits per heavy atom. The zero-order chi connectivity index (χ0) is 25.2. The van der Waals surface area contributed by atoms with Crippen LogP contribution in [0.1, 0.15) is 0 Å². The Labute approximate surface area is 238 Å². The Kier molecular flexibility index (Phi) is 4.14. The molecule has 0 spiro atoms. The molecule has 0 radical (unpaired) electrons. The molecular weight excluding hydrogens is 534 g/mol. The van der Waals surface area contributed by atoms with Gasteiger partial charge in [-0.1, -0.05) is 83.6 Å². The molecule has 7 heteroatoms. The first kappa shape index (κ1) is 21.3. The highest BCUT2D eigenvalue weighted by Crippen LogP contribution is 2.44.